The number of benzene rings is 1. The Bertz CT molecular complexity index is 771. The first kappa shape index (κ1) is 17.4. The van der Waals surface area contributed by atoms with E-state index in [1.54, 1.807) is 27.4 Å². The largest absolute Gasteiger partial charge is 0.496 e. The maximum absolute atomic E-state index is 12.9. The van der Waals surface area contributed by atoms with Crippen molar-refractivity contribution >= 4 is 16.8 Å². The van der Waals surface area contributed by atoms with Crippen molar-refractivity contribution in [3.63, 3.8) is 0 Å². The van der Waals surface area contributed by atoms with E-state index in [0.717, 1.165) is 38.0 Å². The van der Waals surface area contributed by atoms with Crippen molar-refractivity contribution in [1.29, 1.82) is 0 Å². The number of H-pyrrole nitrogens is 1. The molecule has 0 atom stereocenters. The predicted molar refractivity (Wildman–Crippen MR) is 96.0 cm³/mol. The summed E-state index contributed by atoms with van der Waals surface area (Å²) in [6.07, 6.45) is 0.975. The second-order valence-electron chi connectivity index (χ2n) is 6.24. The van der Waals surface area contributed by atoms with Crippen molar-refractivity contribution in [1.82, 2.24) is 14.8 Å². The second kappa shape index (κ2) is 7.23. The minimum atomic E-state index is -0.00503. The zero-order chi connectivity index (χ0) is 18.0. The van der Waals surface area contributed by atoms with Gasteiger partial charge in [0.25, 0.3) is 5.91 Å². The fourth-order valence-corrected chi connectivity index (χ4v) is 3.27. The third-order valence-corrected chi connectivity index (χ3v) is 4.68. The van der Waals surface area contributed by atoms with Crippen LogP contribution in [0, 0.1) is 0 Å². The van der Waals surface area contributed by atoms with Gasteiger partial charge in [-0.2, -0.15) is 0 Å². The van der Waals surface area contributed by atoms with Crippen LogP contribution >= 0.6 is 0 Å². The number of carbonyl (C=O) groups excluding carboxylic acids is 1. The Kier molecular flexibility index (Phi) is 5.03. The molecule has 0 saturated carbocycles. The van der Waals surface area contributed by atoms with E-state index in [-0.39, 0.29) is 5.91 Å². The second-order valence-corrected chi connectivity index (χ2v) is 6.24. The number of likely N-dealkylation sites (N-methyl/N-ethyl adjacent to an activating group) is 1. The normalized spacial score (nSPS) is 15.9. The summed E-state index contributed by atoms with van der Waals surface area (Å²) >= 11 is 0. The monoisotopic (exact) mass is 347 g/mol. The molecule has 25 heavy (non-hydrogen) atoms. The Hall–Kier alpha value is -2.41. The standard InChI is InChI=1S/C18H25N3O4/c1-20-6-5-7-21(9-8-20)18(22)13-10-12-14(23-2)11-15(24-3)17(25-4)16(12)19-13/h10-11,19H,5-9H2,1-4H3. The van der Waals surface area contributed by atoms with Gasteiger partial charge in [0.05, 0.1) is 26.8 Å². The number of amides is 1. The number of methoxy groups -OCH3 is 3. The Morgan fingerprint density at radius 3 is 2.44 bits per heavy atom. The van der Waals surface area contributed by atoms with E-state index in [1.807, 2.05) is 11.0 Å². The molecule has 1 aliphatic heterocycles. The average Bonchev–Trinajstić information content (AvgIpc) is 2.95. The van der Waals surface area contributed by atoms with E-state index in [0.29, 0.717) is 28.5 Å². The quantitative estimate of drug-likeness (QED) is 0.916. The lowest BCUT2D eigenvalue weighted by Gasteiger charge is -2.19. The highest BCUT2D eigenvalue weighted by molar-refractivity contribution is 6.02. The molecule has 1 N–H and O–H groups in total. The molecule has 7 heteroatoms. The van der Waals surface area contributed by atoms with Gasteiger partial charge in [-0.05, 0) is 26.1 Å². The molecule has 1 aliphatic rings. The van der Waals surface area contributed by atoms with Gasteiger partial charge in [-0.15, -0.1) is 0 Å². The molecule has 2 heterocycles. The molecule has 7 nitrogen and oxygen atoms in total. The first-order valence-corrected chi connectivity index (χ1v) is 8.38. The summed E-state index contributed by atoms with van der Waals surface area (Å²) in [5.74, 6) is 1.75. The van der Waals surface area contributed by atoms with Gasteiger partial charge in [0, 0.05) is 31.1 Å². The molecule has 1 fully saturated rings. The molecule has 0 aliphatic carbocycles. The lowest BCUT2D eigenvalue weighted by Crippen LogP contribution is -2.34. The van der Waals surface area contributed by atoms with Crippen LogP contribution in [0.25, 0.3) is 10.9 Å². The van der Waals surface area contributed by atoms with Crippen LogP contribution < -0.4 is 14.2 Å². The smallest absolute Gasteiger partial charge is 0.270 e. The highest BCUT2D eigenvalue weighted by atomic mass is 16.5. The third-order valence-electron chi connectivity index (χ3n) is 4.68. The van der Waals surface area contributed by atoms with Crippen molar-refractivity contribution in [3.05, 3.63) is 17.8 Å². The van der Waals surface area contributed by atoms with Crippen molar-refractivity contribution in [3.8, 4) is 17.2 Å². The molecule has 1 aromatic heterocycles. The first-order chi connectivity index (χ1) is 12.1. The van der Waals surface area contributed by atoms with Crippen molar-refractivity contribution in [2.75, 3.05) is 54.6 Å². The molecule has 136 valence electrons. The number of ether oxygens (including phenoxy) is 3. The summed E-state index contributed by atoms with van der Waals surface area (Å²) < 4.78 is 16.3. The number of carbonyl (C=O) groups is 1. The number of hydrogen-bond donors (Lipinski definition) is 1. The van der Waals surface area contributed by atoms with Gasteiger partial charge in [-0.3, -0.25) is 4.79 Å². The van der Waals surface area contributed by atoms with Crippen LogP contribution in [0.1, 0.15) is 16.9 Å². The molecule has 3 rings (SSSR count). The number of nitrogens with one attached hydrogen (secondary N) is 1. The third kappa shape index (κ3) is 3.24. The van der Waals surface area contributed by atoms with Gasteiger partial charge in [0.2, 0.25) is 0 Å². The van der Waals surface area contributed by atoms with Crippen molar-refractivity contribution in [2.24, 2.45) is 0 Å². The lowest BCUT2D eigenvalue weighted by atomic mass is 10.2. The van der Waals surface area contributed by atoms with Crippen LogP contribution in [0.5, 0.6) is 17.2 Å². The molecule has 1 amide bonds. The topological polar surface area (TPSA) is 67.0 Å². The van der Waals surface area contributed by atoms with Gasteiger partial charge in [-0.1, -0.05) is 0 Å². The molecule has 1 saturated heterocycles. The number of nitrogens with zero attached hydrogens (tertiary/aromatic N) is 2. The predicted octanol–water partition coefficient (Wildman–Crippen LogP) is 1.97. The van der Waals surface area contributed by atoms with Crippen LogP contribution in [0.4, 0.5) is 0 Å². The summed E-state index contributed by atoms with van der Waals surface area (Å²) in [7, 11) is 6.83. The Labute approximate surface area is 147 Å². The van der Waals surface area contributed by atoms with E-state index in [1.165, 1.54) is 0 Å². The molecule has 2 aromatic rings. The van der Waals surface area contributed by atoms with Gasteiger partial charge < -0.3 is 29.0 Å². The lowest BCUT2D eigenvalue weighted by molar-refractivity contribution is 0.0758. The van der Waals surface area contributed by atoms with E-state index < -0.39 is 0 Å². The molecular formula is C18H25N3O4. The van der Waals surface area contributed by atoms with Gasteiger partial charge in [0.1, 0.15) is 11.4 Å². The molecule has 0 radical (unpaired) electrons. The minimum absolute atomic E-state index is 0.00503. The summed E-state index contributed by atoms with van der Waals surface area (Å²) in [4.78, 5) is 20.3. The highest BCUT2D eigenvalue weighted by Gasteiger charge is 2.23. The van der Waals surface area contributed by atoms with E-state index in [2.05, 4.69) is 16.9 Å². The number of aromatic amines is 1. The minimum Gasteiger partial charge on any atom is -0.496 e. The fourth-order valence-electron chi connectivity index (χ4n) is 3.27. The molecule has 0 spiro atoms. The Balaban J connectivity index is 2.01. The Morgan fingerprint density at radius 2 is 1.76 bits per heavy atom. The summed E-state index contributed by atoms with van der Waals surface area (Å²) in [5, 5.41) is 0.801. The molecule has 0 bridgehead atoms. The van der Waals surface area contributed by atoms with Gasteiger partial charge in [-0.25, -0.2) is 0 Å². The number of fused-ring (bicyclic) bond motifs is 1. The molecule has 0 unspecified atom stereocenters. The highest BCUT2D eigenvalue weighted by Crippen LogP contribution is 2.41. The number of hydrogen-bond acceptors (Lipinski definition) is 5. The van der Waals surface area contributed by atoms with Crippen molar-refractivity contribution in [2.45, 2.75) is 6.42 Å². The zero-order valence-corrected chi connectivity index (χ0v) is 15.2. The number of aromatic nitrogens is 1. The van der Waals surface area contributed by atoms with Crippen LogP contribution in [0.15, 0.2) is 12.1 Å². The first-order valence-electron chi connectivity index (χ1n) is 8.38. The fraction of sp³-hybridized carbons (Fsp3) is 0.500. The average molecular weight is 347 g/mol. The van der Waals surface area contributed by atoms with Gasteiger partial charge in [0.15, 0.2) is 11.5 Å². The van der Waals surface area contributed by atoms with Gasteiger partial charge >= 0.3 is 0 Å². The van der Waals surface area contributed by atoms with Crippen LogP contribution in [-0.2, 0) is 0 Å². The van der Waals surface area contributed by atoms with E-state index in [4.69, 9.17) is 14.2 Å². The summed E-state index contributed by atoms with van der Waals surface area (Å²) in [5.41, 5.74) is 1.23. The summed E-state index contributed by atoms with van der Waals surface area (Å²) in [6, 6.07) is 3.59. The van der Waals surface area contributed by atoms with Crippen LogP contribution in [-0.4, -0.2) is 75.2 Å². The van der Waals surface area contributed by atoms with E-state index in [9.17, 15) is 4.79 Å². The summed E-state index contributed by atoms with van der Waals surface area (Å²) in [6.45, 7) is 3.38. The van der Waals surface area contributed by atoms with E-state index >= 15 is 0 Å². The zero-order valence-electron chi connectivity index (χ0n) is 15.2. The van der Waals surface area contributed by atoms with Crippen LogP contribution in [0.2, 0.25) is 0 Å². The molecular weight excluding hydrogens is 322 g/mol. The SMILES string of the molecule is COc1cc(OC)c2cc(C(=O)N3CCCN(C)CC3)[nH]c2c1OC. The number of rotatable bonds is 4. The maximum Gasteiger partial charge on any atom is 0.270 e. The maximum atomic E-state index is 12.9. The van der Waals surface area contributed by atoms with Crippen LogP contribution in [0.3, 0.4) is 0 Å². The Morgan fingerprint density at radius 1 is 1.00 bits per heavy atom. The van der Waals surface area contributed by atoms with Crippen molar-refractivity contribution < 1.29 is 19.0 Å². The molecule has 1 aromatic carbocycles.